The first-order valence-corrected chi connectivity index (χ1v) is 9.70. The molecule has 2 aromatic carbocycles. The topological polar surface area (TPSA) is 46.9 Å². The first-order valence-electron chi connectivity index (χ1n) is 8.82. The zero-order valence-corrected chi connectivity index (χ0v) is 16.0. The Labute approximate surface area is 166 Å². The Bertz CT molecular complexity index is 1120. The Kier molecular flexibility index (Phi) is 5.04. The number of rotatable bonds is 5. The van der Waals surface area contributed by atoms with E-state index in [2.05, 4.69) is 5.32 Å². The van der Waals surface area contributed by atoms with Crippen LogP contribution in [-0.2, 0) is 11.3 Å². The summed E-state index contributed by atoms with van der Waals surface area (Å²) in [6.45, 7) is 1.92. The molecule has 4 aromatic rings. The monoisotopic (exact) mass is 391 g/mol. The molecule has 4 nitrogen and oxygen atoms in total. The van der Waals surface area contributed by atoms with E-state index in [0.717, 1.165) is 22.0 Å². The maximum absolute atomic E-state index is 13.2. The van der Waals surface area contributed by atoms with Gasteiger partial charge in [-0.1, -0.05) is 30.3 Å². The number of carbonyl (C=O) groups excluding carboxylic acids is 1. The summed E-state index contributed by atoms with van der Waals surface area (Å²) in [6, 6.07) is 18.2. The number of nitrogens with one attached hydrogen (secondary N) is 1. The summed E-state index contributed by atoms with van der Waals surface area (Å²) >= 11 is 1.55. The zero-order valence-electron chi connectivity index (χ0n) is 15.2. The molecule has 0 fully saturated rings. The van der Waals surface area contributed by atoms with Crippen LogP contribution in [0.4, 0.5) is 10.1 Å². The van der Waals surface area contributed by atoms with E-state index in [0.29, 0.717) is 11.3 Å². The second-order valence-corrected chi connectivity index (χ2v) is 7.29. The molecule has 0 unspecified atom stereocenters. The van der Waals surface area contributed by atoms with Crippen LogP contribution in [-0.4, -0.2) is 15.5 Å². The molecule has 1 N–H and O–H groups in total. The zero-order chi connectivity index (χ0) is 19.5. The van der Waals surface area contributed by atoms with Crippen molar-refractivity contribution in [2.75, 3.05) is 5.32 Å². The largest absolute Gasteiger partial charge is 0.336 e. The van der Waals surface area contributed by atoms with Crippen molar-refractivity contribution in [3.05, 3.63) is 83.6 Å². The van der Waals surface area contributed by atoms with Gasteiger partial charge in [0.15, 0.2) is 0 Å². The van der Waals surface area contributed by atoms with Crippen molar-refractivity contribution in [1.82, 2.24) is 9.55 Å². The molecule has 1 amide bonds. The SMILES string of the molecule is Cc1cc(F)ccc1NC(=O)Cn1cccc1-c1nc(-c2ccccc2)cs1. The number of anilines is 1. The van der Waals surface area contributed by atoms with Crippen LogP contribution in [0.25, 0.3) is 22.0 Å². The number of carbonyl (C=O) groups is 1. The quantitative estimate of drug-likeness (QED) is 0.497. The highest BCUT2D eigenvalue weighted by Crippen LogP contribution is 2.29. The summed E-state index contributed by atoms with van der Waals surface area (Å²) in [5.41, 5.74) is 4.17. The van der Waals surface area contributed by atoms with E-state index in [9.17, 15) is 9.18 Å². The maximum atomic E-state index is 13.2. The Morgan fingerprint density at radius 1 is 1.14 bits per heavy atom. The Morgan fingerprint density at radius 2 is 1.96 bits per heavy atom. The number of hydrogen-bond acceptors (Lipinski definition) is 3. The van der Waals surface area contributed by atoms with Gasteiger partial charge in [0.2, 0.25) is 5.91 Å². The summed E-state index contributed by atoms with van der Waals surface area (Å²) < 4.78 is 15.1. The Balaban J connectivity index is 1.52. The van der Waals surface area contributed by atoms with Gasteiger partial charge in [0, 0.05) is 22.8 Å². The number of amides is 1. The fourth-order valence-electron chi connectivity index (χ4n) is 2.99. The molecule has 0 bridgehead atoms. The van der Waals surface area contributed by atoms with Gasteiger partial charge in [-0.2, -0.15) is 0 Å². The van der Waals surface area contributed by atoms with Gasteiger partial charge in [-0.05, 0) is 42.8 Å². The number of hydrogen-bond donors (Lipinski definition) is 1. The molecule has 0 aliphatic rings. The van der Waals surface area contributed by atoms with Crippen molar-refractivity contribution in [3.63, 3.8) is 0 Å². The van der Waals surface area contributed by atoms with Crippen LogP contribution in [0.5, 0.6) is 0 Å². The number of thiazole rings is 1. The number of aryl methyl sites for hydroxylation is 1. The minimum atomic E-state index is -0.318. The molecule has 28 heavy (non-hydrogen) atoms. The molecule has 0 saturated heterocycles. The lowest BCUT2D eigenvalue weighted by molar-refractivity contribution is -0.116. The normalized spacial score (nSPS) is 10.8. The molecule has 0 radical (unpaired) electrons. The predicted octanol–water partition coefficient (Wildman–Crippen LogP) is 5.36. The van der Waals surface area contributed by atoms with E-state index in [1.165, 1.54) is 12.1 Å². The van der Waals surface area contributed by atoms with Crippen molar-refractivity contribution in [1.29, 1.82) is 0 Å². The minimum absolute atomic E-state index is 0.152. The molecular formula is C22H18FN3OS. The summed E-state index contributed by atoms with van der Waals surface area (Å²) in [5, 5.41) is 5.72. The standard InChI is InChI=1S/C22H18FN3OS/c1-15-12-17(23)9-10-18(15)24-21(27)13-26-11-5-8-20(26)22-25-19(14-28-22)16-6-3-2-4-7-16/h2-12,14H,13H2,1H3,(H,24,27). The molecular weight excluding hydrogens is 373 g/mol. The molecule has 0 saturated carbocycles. The number of benzene rings is 2. The van der Waals surface area contributed by atoms with Crippen LogP contribution >= 0.6 is 11.3 Å². The van der Waals surface area contributed by atoms with Crippen LogP contribution in [0.2, 0.25) is 0 Å². The van der Waals surface area contributed by atoms with E-state index in [4.69, 9.17) is 4.98 Å². The number of halogens is 1. The first-order chi connectivity index (χ1) is 13.6. The van der Waals surface area contributed by atoms with Crippen LogP contribution in [0.1, 0.15) is 5.56 Å². The third-order valence-electron chi connectivity index (χ3n) is 4.40. The molecule has 0 aliphatic heterocycles. The fraction of sp³-hybridized carbons (Fsp3) is 0.0909. The Morgan fingerprint density at radius 3 is 2.75 bits per heavy atom. The van der Waals surface area contributed by atoms with Gasteiger partial charge < -0.3 is 9.88 Å². The van der Waals surface area contributed by atoms with Gasteiger partial charge >= 0.3 is 0 Å². The van der Waals surface area contributed by atoms with Crippen molar-refractivity contribution in [3.8, 4) is 22.0 Å². The van der Waals surface area contributed by atoms with Crippen LogP contribution in [0, 0.1) is 12.7 Å². The van der Waals surface area contributed by atoms with Crippen molar-refractivity contribution < 1.29 is 9.18 Å². The summed E-state index contributed by atoms with van der Waals surface area (Å²) in [5.74, 6) is -0.492. The minimum Gasteiger partial charge on any atom is -0.336 e. The lowest BCUT2D eigenvalue weighted by Crippen LogP contribution is -2.19. The number of nitrogens with zero attached hydrogens (tertiary/aromatic N) is 2. The van der Waals surface area contributed by atoms with Gasteiger partial charge in [0.25, 0.3) is 0 Å². The van der Waals surface area contributed by atoms with Gasteiger partial charge in [-0.3, -0.25) is 4.79 Å². The average Bonchev–Trinajstić information content (AvgIpc) is 3.34. The fourth-order valence-corrected chi connectivity index (χ4v) is 3.86. The van der Waals surface area contributed by atoms with Crippen molar-refractivity contribution in [2.24, 2.45) is 0 Å². The molecule has 2 aromatic heterocycles. The first kappa shape index (κ1) is 18.1. The van der Waals surface area contributed by atoms with Gasteiger partial charge in [-0.15, -0.1) is 11.3 Å². The molecule has 6 heteroatoms. The van der Waals surface area contributed by atoms with Crippen LogP contribution in [0.15, 0.2) is 72.2 Å². The van der Waals surface area contributed by atoms with Crippen LogP contribution < -0.4 is 5.32 Å². The summed E-state index contributed by atoms with van der Waals surface area (Å²) in [7, 11) is 0. The second kappa shape index (κ2) is 7.78. The summed E-state index contributed by atoms with van der Waals surface area (Å²) in [4.78, 5) is 17.2. The lowest BCUT2D eigenvalue weighted by atomic mass is 10.2. The average molecular weight is 391 g/mol. The molecule has 2 heterocycles. The highest BCUT2D eigenvalue weighted by atomic mass is 32.1. The van der Waals surface area contributed by atoms with Crippen LogP contribution in [0.3, 0.4) is 0 Å². The smallest absolute Gasteiger partial charge is 0.244 e. The van der Waals surface area contributed by atoms with Gasteiger partial charge in [0.05, 0.1) is 11.4 Å². The third-order valence-corrected chi connectivity index (χ3v) is 5.26. The molecule has 140 valence electrons. The molecule has 4 rings (SSSR count). The Hall–Kier alpha value is -3.25. The van der Waals surface area contributed by atoms with E-state index in [1.807, 2.05) is 58.6 Å². The molecule has 0 spiro atoms. The third kappa shape index (κ3) is 3.87. The second-order valence-electron chi connectivity index (χ2n) is 6.43. The highest BCUT2D eigenvalue weighted by molar-refractivity contribution is 7.13. The van der Waals surface area contributed by atoms with E-state index in [1.54, 1.807) is 24.3 Å². The lowest BCUT2D eigenvalue weighted by Gasteiger charge is -2.10. The van der Waals surface area contributed by atoms with Gasteiger partial charge in [0.1, 0.15) is 17.4 Å². The van der Waals surface area contributed by atoms with E-state index in [-0.39, 0.29) is 18.3 Å². The summed E-state index contributed by atoms with van der Waals surface area (Å²) in [6.07, 6.45) is 1.86. The number of aromatic nitrogens is 2. The predicted molar refractivity (Wildman–Crippen MR) is 111 cm³/mol. The van der Waals surface area contributed by atoms with Crippen molar-refractivity contribution in [2.45, 2.75) is 13.5 Å². The highest BCUT2D eigenvalue weighted by Gasteiger charge is 2.13. The molecule has 0 aliphatic carbocycles. The van der Waals surface area contributed by atoms with E-state index < -0.39 is 0 Å². The maximum Gasteiger partial charge on any atom is 0.244 e. The van der Waals surface area contributed by atoms with Crippen molar-refractivity contribution >= 4 is 22.9 Å². The van der Waals surface area contributed by atoms with Gasteiger partial charge in [-0.25, -0.2) is 9.37 Å². The van der Waals surface area contributed by atoms with E-state index >= 15 is 0 Å². The molecule has 0 atom stereocenters.